The van der Waals surface area contributed by atoms with Crippen molar-refractivity contribution in [3.8, 4) is 17.6 Å². The van der Waals surface area contributed by atoms with Crippen molar-refractivity contribution < 1.29 is 9.53 Å². The molecule has 0 radical (unpaired) electrons. The zero-order valence-electron chi connectivity index (χ0n) is 12.2. The number of rotatable bonds is 3. The maximum atomic E-state index is 11.9. The molecule has 0 atom stereocenters. The molecule has 0 fully saturated rings. The molecule has 4 nitrogen and oxygen atoms in total. The van der Waals surface area contributed by atoms with Gasteiger partial charge in [-0.2, -0.15) is 0 Å². The highest BCUT2D eigenvalue weighted by Gasteiger charge is 2.12. The third-order valence-corrected chi connectivity index (χ3v) is 3.84. The molecule has 0 spiro atoms. The van der Waals surface area contributed by atoms with Gasteiger partial charge in [-0.3, -0.25) is 4.79 Å². The summed E-state index contributed by atoms with van der Waals surface area (Å²) >= 11 is 1.40. The maximum Gasteiger partial charge on any atom is 0.264 e. The van der Waals surface area contributed by atoms with Crippen molar-refractivity contribution in [1.29, 1.82) is 0 Å². The number of benzene rings is 1. The molecule has 0 aliphatic rings. The molecule has 0 saturated heterocycles. The van der Waals surface area contributed by atoms with E-state index in [-0.39, 0.29) is 5.91 Å². The third-order valence-electron chi connectivity index (χ3n) is 2.77. The van der Waals surface area contributed by atoms with Crippen molar-refractivity contribution in [1.82, 2.24) is 10.3 Å². The highest BCUT2D eigenvalue weighted by molar-refractivity contribution is 7.13. The first kappa shape index (κ1) is 15.1. The van der Waals surface area contributed by atoms with Crippen LogP contribution in [-0.4, -0.2) is 24.5 Å². The topological polar surface area (TPSA) is 51.2 Å². The van der Waals surface area contributed by atoms with E-state index in [2.05, 4.69) is 22.1 Å². The molecule has 1 aromatic heterocycles. The van der Waals surface area contributed by atoms with Crippen LogP contribution in [-0.2, 0) is 0 Å². The fourth-order valence-electron chi connectivity index (χ4n) is 1.77. The third kappa shape index (κ3) is 4.07. The van der Waals surface area contributed by atoms with Crippen molar-refractivity contribution in [3.05, 3.63) is 45.4 Å². The van der Waals surface area contributed by atoms with Crippen LogP contribution in [0, 0.1) is 25.7 Å². The van der Waals surface area contributed by atoms with Gasteiger partial charge in [-0.25, -0.2) is 4.98 Å². The number of nitrogens with zero attached hydrogens (tertiary/aromatic N) is 1. The van der Waals surface area contributed by atoms with E-state index in [1.807, 2.05) is 38.1 Å². The van der Waals surface area contributed by atoms with Crippen LogP contribution in [0.4, 0.5) is 0 Å². The monoisotopic (exact) mass is 300 g/mol. The number of ether oxygens (including phenoxy) is 1. The number of thiazole rings is 1. The Labute approximate surface area is 128 Å². The van der Waals surface area contributed by atoms with Gasteiger partial charge in [-0.05, 0) is 38.1 Å². The number of carbonyl (C=O) groups excluding carboxylic acids is 1. The van der Waals surface area contributed by atoms with E-state index in [9.17, 15) is 4.79 Å². The quantitative estimate of drug-likeness (QED) is 0.886. The predicted octanol–water partition coefficient (Wildman–Crippen LogP) is 2.55. The Kier molecular flexibility index (Phi) is 4.96. The second-order valence-corrected chi connectivity index (χ2v) is 5.56. The highest BCUT2D eigenvalue weighted by atomic mass is 32.1. The van der Waals surface area contributed by atoms with E-state index in [0.717, 1.165) is 22.0 Å². The minimum atomic E-state index is -0.123. The van der Waals surface area contributed by atoms with Crippen LogP contribution < -0.4 is 10.1 Å². The van der Waals surface area contributed by atoms with Gasteiger partial charge >= 0.3 is 0 Å². The summed E-state index contributed by atoms with van der Waals surface area (Å²) in [5.74, 6) is 6.59. The fraction of sp³-hybridized carbons (Fsp3) is 0.250. The Morgan fingerprint density at radius 1 is 1.33 bits per heavy atom. The van der Waals surface area contributed by atoms with Crippen LogP contribution in [0.5, 0.6) is 5.75 Å². The van der Waals surface area contributed by atoms with Crippen molar-refractivity contribution in [2.24, 2.45) is 0 Å². The number of methoxy groups -OCH3 is 1. The van der Waals surface area contributed by atoms with Crippen LogP contribution in [0.1, 0.15) is 25.9 Å². The summed E-state index contributed by atoms with van der Waals surface area (Å²) < 4.78 is 5.08. The normalized spacial score (nSPS) is 9.67. The van der Waals surface area contributed by atoms with Gasteiger partial charge in [0.2, 0.25) is 0 Å². The van der Waals surface area contributed by atoms with Crippen molar-refractivity contribution in [3.63, 3.8) is 0 Å². The van der Waals surface area contributed by atoms with Gasteiger partial charge in [0.1, 0.15) is 10.6 Å². The summed E-state index contributed by atoms with van der Waals surface area (Å²) in [6, 6.07) is 7.47. The predicted molar refractivity (Wildman–Crippen MR) is 83.8 cm³/mol. The lowest BCUT2D eigenvalue weighted by atomic mass is 10.2. The summed E-state index contributed by atoms with van der Waals surface area (Å²) in [7, 11) is 1.62. The lowest BCUT2D eigenvalue weighted by molar-refractivity contribution is 0.0962. The number of nitrogens with one attached hydrogen (secondary N) is 1. The van der Waals surface area contributed by atoms with Crippen molar-refractivity contribution >= 4 is 17.2 Å². The van der Waals surface area contributed by atoms with Gasteiger partial charge < -0.3 is 10.1 Å². The zero-order chi connectivity index (χ0) is 15.2. The molecule has 2 aromatic rings. The summed E-state index contributed by atoms with van der Waals surface area (Å²) in [5.41, 5.74) is 1.65. The summed E-state index contributed by atoms with van der Waals surface area (Å²) in [6.45, 7) is 4.03. The van der Waals surface area contributed by atoms with Crippen LogP contribution in [0.2, 0.25) is 0 Å². The first-order valence-electron chi connectivity index (χ1n) is 6.45. The van der Waals surface area contributed by atoms with Crippen LogP contribution in [0.15, 0.2) is 24.3 Å². The van der Waals surface area contributed by atoms with E-state index >= 15 is 0 Å². The standard InChI is InChI=1S/C16H16N2O2S/c1-11-15(21-12(2)18-11)16(19)17-10-4-5-13-6-8-14(20-3)9-7-13/h6-9H,10H2,1-3H3,(H,17,19). The van der Waals surface area contributed by atoms with Crippen LogP contribution in [0.25, 0.3) is 0 Å². The Hall–Kier alpha value is -2.32. The second-order valence-electron chi connectivity index (χ2n) is 4.36. The van der Waals surface area contributed by atoms with E-state index < -0.39 is 0 Å². The van der Waals surface area contributed by atoms with E-state index in [4.69, 9.17) is 4.74 Å². The molecule has 21 heavy (non-hydrogen) atoms. The van der Waals surface area contributed by atoms with Gasteiger partial charge in [-0.15, -0.1) is 11.3 Å². The summed E-state index contributed by atoms with van der Waals surface area (Å²) in [5, 5.41) is 3.67. The molecule has 1 heterocycles. The number of hydrogen-bond donors (Lipinski definition) is 1. The Morgan fingerprint density at radius 2 is 2.05 bits per heavy atom. The van der Waals surface area contributed by atoms with E-state index in [1.165, 1.54) is 11.3 Å². The first-order valence-corrected chi connectivity index (χ1v) is 7.27. The van der Waals surface area contributed by atoms with Gasteiger partial charge in [0.15, 0.2) is 0 Å². The number of hydrogen-bond acceptors (Lipinski definition) is 4. The minimum Gasteiger partial charge on any atom is -0.497 e. The zero-order valence-corrected chi connectivity index (χ0v) is 13.0. The molecular formula is C16H16N2O2S. The average Bonchev–Trinajstić information content (AvgIpc) is 2.83. The molecule has 2 rings (SSSR count). The Morgan fingerprint density at radius 3 is 2.62 bits per heavy atom. The maximum absolute atomic E-state index is 11.9. The highest BCUT2D eigenvalue weighted by Crippen LogP contribution is 2.16. The van der Waals surface area contributed by atoms with E-state index in [1.54, 1.807) is 7.11 Å². The van der Waals surface area contributed by atoms with Crippen molar-refractivity contribution in [2.45, 2.75) is 13.8 Å². The van der Waals surface area contributed by atoms with Crippen LogP contribution >= 0.6 is 11.3 Å². The molecule has 1 N–H and O–H groups in total. The van der Waals surface area contributed by atoms with Crippen molar-refractivity contribution in [2.75, 3.05) is 13.7 Å². The molecule has 0 unspecified atom stereocenters. The molecule has 1 amide bonds. The largest absolute Gasteiger partial charge is 0.497 e. The molecule has 1 aromatic carbocycles. The SMILES string of the molecule is COc1ccc(C#CCNC(=O)c2sc(C)nc2C)cc1. The molecule has 108 valence electrons. The molecule has 0 aliphatic heterocycles. The van der Waals surface area contributed by atoms with Gasteiger partial charge in [0.05, 0.1) is 24.4 Å². The number of aryl methyl sites for hydroxylation is 2. The van der Waals surface area contributed by atoms with Gasteiger partial charge in [0.25, 0.3) is 5.91 Å². The summed E-state index contributed by atoms with van der Waals surface area (Å²) in [6.07, 6.45) is 0. The number of aromatic nitrogens is 1. The average molecular weight is 300 g/mol. The van der Waals surface area contributed by atoms with Crippen LogP contribution in [0.3, 0.4) is 0 Å². The van der Waals surface area contributed by atoms with E-state index in [0.29, 0.717) is 11.4 Å². The molecule has 0 aliphatic carbocycles. The molecule has 0 saturated carbocycles. The Bertz CT molecular complexity index is 693. The number of amides is 1. The van der Waals surface area contributed by atoms with Gasteiger partial charge in [0, 0.05) is 5.56 Å². The second kappa shape index (κ2) is 6.91. The lowest BCUT2D eigenvalue weighted by Crippen LogP contribution is -2.23. The minimum absolute atomic E-state index is 0.123. The first-order chi connectivity index (χ1) is 10.1. The molecular weight excluding hydrogens is 284 g/mol. The smallest absolute Gasteiger partial charge is 0.264 e. The Balaban J connectivity index is 1.91. The lowest BCUT2D eigenvalue weighted by Gasteiger charge is -1.99. The van der Waals surface area contributed by atoms with Gasteiger partial charge in [-0.1, -0.05) is 11.8 Å². The fourth-order valence-corrected chi connectivity index (χ4v) is 2.60. The molecule has 0 bridgehead atoms. The summed E-state index contributed by atoms with van der Waals surface area (Å²) in [4.78, 5) is 16.8. The molecule has 5 heteroatoms. The number of carbonyl (C=O) groups is 1.